The van der Waals surface area contributed by atoms with Crippen molar-refractivity contribution in [2.75, 3.05) is 13.1 Å². The first-order valence-corrected chi connectivity index (χ1v) is 7.73. The summed E-state index contributed by atoms with van der Waals surface area (Å²) in [6, 6.07) is 0. The Hall–Kier alpha value is -0.940. The SMILES string of the molecule is Cc1nc(C)c(CN2CCC(CCC(=O)O)CC2)s1. The third kappa shape index (κ3) is 4.28. The first-order valence-electron chi connectivity index (χ1n) is 6.91. The number of aliphatic carboxylic acids is 1. The van der Waals surface area contributed by atoms with Crippen molar-refractivity contribution in [3.05, 3.63) is 15.6 Å². The van der Waals surface area contributed by atoms with Crippen LogP contribution >= 0.6 is 11.3 Å². The second-order valence-electron chi connectivity index (χ2n) is 5.39. The highest BCUT2D eigenvalue weighted by Crippen LogP contribution is 2.25. The second kappa shape index (κ2) is 6.48. The van der Waals surface area contributed by atoms with Gasteiger partial charge in [-0.05, 0) is 52.1 Å². The molecule has 2 heterocycles. The van der Waals surface area contributed by atoms with Crippen molar-refractivity contribution in [1.29, 1.82) is 0 Å². The number of thiazole rings is 1. The van der Waals surface area contributed by atoms with Gasteiger partial charge in [0.15, 0.2) is 0 Å². The average Bonchev–Trinajstić information content (AvgIpc) is 2.67. The summed E-state index contributed by atoms with van der Waals surface area (Å²) in [4.78, 5) is 18.9. The van der Waals surface area contributed by atoms with Gasteiger partial charge in [-0.1, -0.05) is 0 Å². The van der Waals surface area contributed by atoms with Crippen molar-refractivity contribution in [3.63, 3.8) is 0 Å². The van der Waals surface area contributed by atoms with Crippen LogP contribution in [0, 0.1) is 19.8 Å². The number of aromatic nitrogens is 1. The molecule has 1 N–H and O–H groups in total. The van der Waals surface area contributed by atoms with Crippen LogP contribution in [-0.2, 0) is 11.3 Å². The topological polar surface area (TPSA) is 53.4 Å². The fourth-order valence-corrected chi connectivity index (χ4v) is 3.66. The van der Waals surface area contributed by atoms with E-state index in [4.69, 9.17) is 5.11 Å². The minimum atomic E-state index is -0.668. The molecule has 1 fully saturated rings. The Labute approximate surface area is 118 Å². The van der Waals surface area contributed by atoms with Crippen LogP contribution in [0.2, 0.25) is 0 Å². The van der Waals surface area contributed by atoms with Crippen LogP contribution in [0.3, 0.4) is 0 Å². The van der Waals surface area contributed by atoms with Crippen LogP contribution < -0.4 is 0 Å². The molecule has 0 amide bonds. The molecular weight excluding hydrogens is 260 g/mol. The van der Waals surface area contributed by atoms with Crippen molar-refractivity contribution < 1.29 is 9.90 Å². The summed E-state index contributed by atoms with van der Waals surface area (Å²) in [6.07, 6.45) is 3.41. The Morgan fingerprint density at radius 3 is 2.63 bits per heavy atom. The molecule has 19 heavy (non-hydrogen) atoms. The van der Waals surface area contributed by atoms with E-state index >= 15 is 0 Å². The summed E-state index contributed by atoms with van der Waals surface area (Å²) in [7, 11) is 0. The predicted octanol–water partition coefficient (Wildman–Crippen LogP) is 2.84. The van der Waals surface area contributed by atoms with E-state index in [2.05, 4.69) is 23.7 Å². The van der Waals surface area contributed by atoms with E-state index in [-0.39, 0.29) is 0 Å². The zero-order chi connectivity index (χ0) is 13.8. The van der Waals surface area contributed by atoms with Crippen LogP contribution in [0.4, 0.5) is 0 Å². The Morgan fingerprint density at radius 1 is 1.42 bits per heavy atom. The largest absolute Gasteiger partial charge is 0.481 e. The van der Waals surface area contributed by atoms with E-state index in [1.165, 1.54) is 4.88 Å². The van der Waals surface area contributed by atoms with E-state index in [9.17, 15) is 4.79 Å². The molecule has 5 heteroatoms. The summed E-state index contributed by atoms with van der Waals surface area (Å²) < 4.78 is 0. The lowest BCUT2D eigenvalue weighted by Crippen LogP contribution is -2.33. The van der Waals surface area contributed by atoms with Gasteiger partial charge in [-0.3, -0.25) is 9.69 Å². The zero-order valence-corrected chi connectivity index (χ0v) is 12.5. The Morgan fingerprint density at radius 2 is 2.11 bits per heavy atom. The number of likely N-dealkylation sites (tertiary alicyclic amines) is 1. The van der Waals surface area contributed by atoms with E-state index < -0.39 is 5.97 Å². The van der Waals surface area contributed by atoms with Gasteiger partial charge in [0.1, 0.15) is 0 Å². The van der Waals surface area contributed by atoms with Gasteiger partial charge in [-0.2, -0.15) is 0 Å². The standard InChI is InChI=1S/C14H22N2O2S/c1-10-13(19-11(2)15-10)9-16-7-5-12(6-8-16)3-4-14(17)18/h12H,3-9H2,1-2H3,(H,17,18). The third-order valence-electron chi connectivity index (χ3n) is 3.84. The molecule has 0 atom stereocenters. The molecule has 1 aliphatic heterocycles. The molecule has 0 spiro atoms. The van der Waals surface area contributed by atoms with Gasteiger partial charge in [0, 0.05) is 17.8 Å². The molecule has 1 aromatic heterocycles. The number of carboxylic acid groups (broad SMARTS) is 1. The van der Waals surface area contributed by atoms with Crippen molar-refractivity contribution in [2.45, 2.75) is 46.1 Å². The summed E-state index contributed by atoms with van der Waals surface area (Å²) >= 11 is 1.79. The normalized spacial score (nSPS) is 17.8. The molecule has 106 valence electrons. The Balaban J connectivity index is 1.77. The average molecular weight is 282 g/mol. The van der Waals surface area contributed by atoms with Crippen molar-refractivity contribution in [1.82, 2.24) is 9.88 Å². The summed E-state index contributed by atoms with van der Waals surface area (Å²) in [5.74, 6) is -0.0742. The maximum Gasteiger partial charge on any atom is 0.303 e. The minimum Gasteiger partial charge on any atom is -0.481 e. The van der Waals surface area contributed by atoms with Gasteiger partial charge < -0.3 is 5.11 Å². The number of aryl methyl sites for hydroxylation is 2. The third-order valence-corrected chi connectivity index (χ3v) is 4.90. The molecule has 1 aliphatic rings. The first-order chi connectivity index (χ1) is 9.04. The van der Waals surface area contributed by atoms with Gasteiger partial charge in [0.2, 0.25) is 0 Å². The van der Waals surface area contributed by atoms with Gasteiger partial charge in [0.05, 0.1) is 10.7 Å². The van der Waals surface area contributed by atoms with Crippen LogP contribution in [0.1, 0.15) is 41.3 Å². The summed E-state index contributed by atoms with van der Waals surface area (Å²) in [6.45, 7) is 7.31. The van der Waals surface area contributed by atoms with Crippen LogP contribution in [0.15, 0.2) is 0 Å². The van der Waals surface area contributed by atoms with Crippen molar-refractivity contribution >= 4 is 17.3 Å². The first kappa shape index (κ1) is 14.5. The fourth-order valence-electron chi connectivity index (χ4n) is 2.68. The maximum absolute atomic E-state index is 10.6. The quantitative estimate of drug-likeness (QED) is 0.902. The van der Waals surface area contributed by atoms with Gasteiger partial charge >= 0.3 is 5.97 Å². The second-order valence-corrected chi connectivity index (χ2v) is 6.68. The number of nitrogens with zero attached hydrogens (tertiary/aromatic N) is 2. The molecule has 4 nitrogen and oxygen atoms in total. The fraction of sp³-hybridized carbons (Fsp3) is 0.714. The van der Waals surface area contributed by atoms with Gasteiger partial charge in [-0.15, -0.1) is 11.3 Å². The van der Waals surface area contributed by atoms with E-state index in [1.54, 1.807) is 11.3 Å². The maximum atomic E-state index is 10.6. The lowest BCUT2D eigenvalue weighted by molar-refractivity contribution is -0.137. The number of hydrogen-bond donors (Lipinski definition) is 1. The lowest BCUT2D eigenvalue weighted by atomic mass is 9.92. The monoisotopic (exact) mass is 282 g/mol. The number of carboxylic acids is 1. The predicted molar refractivity (Wildman–Crippen MR) is 76.5 cm³/mol. The zero-order valence-electron chi connectivity index (χ0n) is 11.7. The summed E-state index contributed by atoms with van der Waals surface area (Å²) in [5.41, 5.74) is 1.16. The Bertz CT molecular complexity index is 437. The van der Waals surface area contributed by atoms with Crippen LogP contribution in [0.25, 0.3) is 0 Å². The molecule has 1 saturated heterocycles. The van der Waals surface area contributed by atoms with Crippen LogP contribution in [0.5, 0.6) is 0 Å². The molecule has 0 unspecified atom stereocenters. The van der Waals surface area contributed by atoms with Crippen molar-refractivity contribution in [2.24, 2.45) is 5.92 Å². The smallest absolute Gasteiger partial charge is 0.303 e. The highest BCUT2D eigenvalue weighted by molar-refractivity contribution is 7.11. The number of hydrogen-bond acceptors (Lipinski definition) is 4. The van der Waals surface area contributed by atoms with Crippen molar-refractivity contribution in [3.8, 4) is 0 Å². The number of rotatable bonds is 5. The number of piperidine rings is 1. The number of carbonyl (C=O) groups is 1. The molecular formula is C14H22N2O2S. The van der Waals surface area contributed by atoms with E-state index in [0.717, 1.165) is 49.6 Å². The van der Waals surface area contributed by atoms with E-state index in [1.807, 2.05) is 0 Å². The van der Waals surface area contributed by atoms with E-state index in [0.29, 0.717) is 12.3 Å². The molecule has 0 bridgehead atoms. The highest BCUT2D eigenvalue weighted by atomic mass is 32.1. The molecule has 0 aliphatic carbocycles. The molecule has 1 aromatic rings. The highest BCUT2D eigenvalue weighted by Gasteiger charge is 2.20. The lowest BCUT2D eigenvalue weighted by Gasteiger charge is -2.31. The van der Waals surface area contributed by atoms with Gasteiger partial charge in [-0.25, -0.2) is 4.98 Å². The Kier molecular flexibility index (Phi) is 4.93. The molecule has 0 aromatic carbocycles. The molecule has 2 rings (SSSR count). The minimum absolute atomic E-state index is 0.317. The van der Waals surface area contributed by atoms with Gasteiger partial charge in [0.25, 0.3) is 0 Å². The molecule has 0 saturated carbocycles. The summed E-state index contributed by atoms with van der Waals surface area (Å²) in [5, 5.41) is 9.85. The molecule has 0 radical (unpaired) electrons. The van der Waals surface area contributed by atoms with Crippen LogP contribution in [-0.4, -0.2) is 34.0 Å².